The first-order chi connectivity index (χ1) is 16.2. The number of hydrogen-bond donors (Lipinski definition) is 1. The minimum absolute atomic E-state index is 0.00111. The van der Waals surface area contributed by atoms with E-state index in [9.17, 15) is 22.8 Å². The predicted octanol–water partition coefficient (Wildman–Crippen LogP) is 5.54. The van der Waals surface area contributed by atoms with E-state index in [1.165, 1.54) is 11.8 Å². The monoisotopic (exact) mass is 525 g/mol. The van der Waals surface area contributed by atoms with Crippen molar-refractivity contribution in [2.24, 2.45) is 0 Å². The number of nitrogens with zero attached hydrogens (tertiary/aromatic N) is 2. The minimum Gasteiger partial charge on any atom is -0.324 e. The summed E-state index contributed by atoms with van der Waals surface area (Å²) in [5, 5.41) is 2.83. The summed E-state index contributed by atoms with van der Waals surface area (Å²) in [6.07, 6.45) is -3.26. The Labute approximate surface area is 207 Å². The summed E-state index contributed by atoms with van der Waals surface area (Å²) in [7, 11) is 0. The Balaban J connectivity index is 1.51. The molecule has 0 saturated heterocycles. The molecule has 0 aliphatic carbocycles. The molecule has 178 valence electrons. The Morgan fingerprint density at radius 3 is 2.71 bits per heavy atom. The summed E-state index contributed by atoms with van der Waals surface area (Å²) >= 11 is 8.52. The van der Waals surface area contributed by atoms with Crippen molar-refractivity contribution in [3.05, 3.63) is 80.7 Å². The Kier molecular flexibility index (Phi) is 7.59. The second-order valence-electron chi connectivity index (χ2n) is 7.49. The number of nitrogens with one attached hydrogen (secondary N) is 1. The van der Waals surface area contributed by atoms with Gasteiger partial charge in [0.2, 0.25) is 5.91 Å². The average Bonchev–Trinajstić information content (AvgIpc) is 3.27. The molecule has 2 heterocycles. The van der Waals surface area contributed by atoms with Crippen LogP contribution in [0.5, 0.6) is 0 Å². The van der Waals surface area contributed by atoms with E-state index in [0.717, 1.165) is 47.0 Å². The van der Waals surface area contributed by atoms with Crippen LogP contribution in [-0.4, -0.2) is 27.0 Å². The molecule has 34 heavy (non-hydrogen) atoms. The van der Waals surface area contributed by atoms with Crippen molar-refractivity contribution >= 4 is 46.7 Å². The minimum atomic E-state index is -4.56. The summed E-state index contributed by atoms with van der Waals surface area (Å²) < 4.78 is 40.5. The van der Waals surface area contributed by atoms with Crippen molar-refractivity contribution in [2.45, 2.75) is 35.6 Å². The normalized spacial score (nSPS) is 13.1. The maximum Gasteiger partial charge on any atom is 0.416 e. The molecule has 1 aliphatic rings. The highest BCUT2D eigenvalue weighted by Gasteiger charge is 2.31. The van der Waals surface area contributed by atoms with Gasteiger partial charge in [-0.1, -0.05) is 53.7 Å². The second kappa shape index (κ2) is 10.5. The van der Waals surface area contributed by atoms with Crippen LogP contribution in [0.1, 0.15) is 16.8 Å². The van der Waals surface area contributed by atoms with Crippen molar-refractivity contribution in [3.8, 4) is 0 Å². The third-order valence-corrected chi connectivity index (χ3v) is 7.53. The smallest absolute Gasteiger partial charge is 0.324 e. The first kappa shape index (κ1) is 24.7. The molecule has 0 fully saturated rings. The van der Waals surface area contributed by atoms with Gasteiger partial charge in [0.1, 0.15) is 0 Å². The Bertz CT molecular complexity index is 1270. The lowest BCUT2D eigenvalue weighted by Gasteiger charge is -2.14. The van der Waals surface area contributed by atoms with Crippen LogP contribution in [0.2, 0.25) is 5.02 Å². The molecule has 4 rings (SSSR count). The van der Waals surface area contributed by atoms with Crippen molar-refractivity contribution in [1.29, 1.82) is 0 Å². The van der Waals surface area contributed by atoms with E-state index in [4.69, 9.17) is 11.6 Å². The summed E-state index contributed by atoms with van der Waals surface area (Å²) in [6, 6.07) is 12.4. The molecule has 2 aromatic carbocycles. The molecule has 5 nitrogen and oxygen atoms in total. The summed E-state index contributed by atoms with van der Waals surface area (Å²) in [5.74, 6) is 0.0832. The van der Waals surface area contributed by atoms with Gasteiger partial charge in [0.05, 0.1) is 32.6 Å². The number of thioether (sulfide) groups is 2. The first-order valence-corrected chi connectivity index (χ1v) is 12.7. The number of amides is 1. The van der Waals surface area contributed by atoms with Gasteiger partial charge in [-0.15, -0.1) is 11.8 Å². The number of aryl methyl sites for hydroxylation is 2. The number of fused-ring (bicyclic) bond motifs is 1. The van der Waals surface area contributed by atoms with Crippen LogP contribution in [0, 0.1) is 0 Å². The number of alkyl halides is 3. The van der Waals surface area contributed by atoms with Gasteiger partial charge in [0.25, 0.3) is 5.56 Å². The zero-order valence-electron chi connectivity index (χ0n) is 17.7. The van der Waals surface area contributed by atoms with E-state index < -0.39 is 17.6 Å². The lowest BCUT2D eigenvalue weighted by molar-refractivity contribution is -0.137. The van der Waals surface area contributed by atoms with Crippen LogP contribution >= 0.6 is 35.1 Å². The van der Waals surface area contributed by atoms with Crippen LogP contribution in [0.3, 0.4) is 0 Å². The van der Waals surface area contributed by atoms with Gasteiger partial charge in [0.15, 0.2) is 5.16 Å². The fourth-order valence-electron chi connectivity index (χ4n) is 3.43. The standard InChI is InChI=1S/C23H19ClF3N3O2S2/c24-16-7-6-15(23(25,26)27)12-18(16)28-19(31)13-34-22-29-17-9-11-33-20(17)21(32)30(22)10-8-14-4-2-1-3-5-14/h1-7,12H,8-11,13H2,(H,28,31). The van der Waals surface area contributed by atoms with Crippen LogP contribution in [0.25, 0.3) is 0 Å². The van der Waals surface area contributed by atoms with Gasteiger partial charge >= 0.3 is 6.18 Å². The molecule has 1 amide bonds. The van der Waals surface area contributed by atoms with E-state index in [-0.39, 0.29) is 22.0 Å². The number of hydrogen-bond acceptors (Lipinski definition) is 5. The van der Waals surface area contributed by atoms with Crippen LogP contribution in [-0.2, 0) is 30.4 Å². The molecule has 0 bridgehead atoms. The predicted molar refractivity (Wildman–Crippen MR) is 129 cm³/mol. The number of halogens is 4. The Morgan fingerprint density at radius 1 is 1.21 bits per heavy atom. The molecule has 1 N–H and O–H groups in total. The number of carbonyl (C=O) groups excluding carboxylic acids is 1. The molecule has 1 aromatic heterocycles. The zero-order chi connectivity index (χ0) is 24.3. The Hall–Kier alpha value is -2.43. The fourth-order valence-corrected chi connectivity index (χ4v) is 5.48. The zero-order valence-corrected chi connectivity index (χ0v) is 20.1. The first-order valence-electron chi connectivity index (χ1n) is 10.3. The largest absolute Gasteiger partial charge is 0.416 e. The molecule has 0 radical (unpaired) electrons. The van der Waals surface area contributed by atoms with Crippen molar-refractivity contribution < 1.29 is 18.0 Å². The number of rotatable bonds is 7. The highest BCUT2D eigenvalue weighted by Crippen LogP contribution is 2.34. The van der Waals surface area contributed by atoms with E-state index in [1.54, 1.807) is 4.57 Å². The van der Waals surface area contributed by atoms with E-state index in [2.05, 4.69) is 10.3 Å². The van der Waals surface area contributed by atoms with Gasteiger partial charge in [-0.2, -0.15) is 13.2 Å². The van der Waals surface area contributed by atoms with E-state index >= 15 is 0 Å². The molecular formula is C23H19ClF3N3O2S2. The molecule has 0 atom stereocenters. The number of anilines is 1. The molecule has 1 aliphatic heterocycles. The van der Waals surface area contributed by atoms with Gasteiger partial charge in [-0.3, -0.25) is 14.2 Å². The van der Waals surface area contributed by atoms with Gasteiger partial charge in [-0.25, -0.2) is 4.98 Å². The van der Waals surface area contributed by atoms with Crippen LogP contribution < -0.4 is 10.9 Å². The molecule has 3 aromatic rings. The molecule has 0 saturated carbocycles. The molecular weight excluding hydrogens is 507 g/mol. The fraction of sp³-hybridized carbons (Fsp3) is 0.261. The second-order valence-corrected chi connectivity index (χ2v) is 9.95. The maximum absolute atomic E-state index is 13.1. The molecule has 0 spiro atoms. The maximum atomic E-state index is 13.1. The molecule has 0 unspecified atom stereocenters. The van der Waals surface area contributed by atoms with Gasteiger partial charge < -0.3 is 5.32 Å². The summed E-state index contributed by atoms with van der Waals surface area (Å²) in [6.45, 7) is 0.396. The highest BCUT2D eigenvalue weighted by molar-refractivity contribution is 8.00. The quantitative estimate of drug-likeness (QED) is 0.324. The van der Waals surface area contributed by atoms with Crippen molar-refractivity contribution in [1.82, 2.24) is 9.55 Å². The SMILES string of the molecule is O=C(CSc1nc2c(c(=O)n1CCc1ccccc1)SCC2)Nc1cc(C(F)(F)F)ccc1Cl. The average molecular weight is 526 g/mol. The van der Waals surface area contributed by atoms with E-state index in [1.807, 2.05) is 30.3 Å². The van der Waals surface area contributed by atoms with Crippen molar-refractivity contribution in [3.63, 3.8) is 0 Å². The molecule has 11 heteroatoms. The van der Waals surface area contributed by atoms with Crippen molar-refractivity contribution in [2.75, 3.05) is 16.8 Å². The van der Waals surface area contributed by atoms with Crippen LogP contribution in [0.4, 0.5) is 18.9 Å². The number of aromatic nitrogens is 2. The van der Waals surface area contributed by atoms with Gasteiger partial charge in [-0.05, 0) is 30.2 Å². The summed E-state index contributed by atoms with van der Waals surface area (Å²) in [5.41, 5.74) is 0.617. The van der Waals surface area contributed by atoms with Gasteiger partial charge in [0, 0.05) is 18.7 Å². The lowest BCUT2D eigenvalue weighted by atomic mass is 10.1. The topological polar surface area (TPSA) is 64.0 Å². The van der Waals surface area contributed by atoms with Crippen LogP contribution in [0.15, 0.2) is 63.4 Å². The summed E-state index contributed by atoms with van der Waals surface area (Å²) in [4.78, 5) is 30.9. The number of benzene rings is 2. The lowest BCUT2D eigenvalue weighted by Crippen LogP contribution is -2.27. The van der Waals surface area contributed by atoms with E-state index in [0.29, 0.717) is 29.4 Å². The third kappa shape index (κ3) is 5.79. The highest BCUT2D eigenvalue weighted by atomic mass is 35.5. The third-order valence-electron chi connectivity index (χ3n) is 5.12. The Morgan fingerprint density at radius 2 is 1.97 bits per heavy atom. The number of carbonyl (C=O) groups is 1.